The second-order valence-electron chi connectivity index (χ2n) is 3.38. The minimum atomic E-state index is 0.375. The molecule has 0 amide bonds. The van der Waals surface area contributed by atoms with Gasteiger partial charge in [0.15, 0.2) is 0 Å². The lowest BCUT2D eigenvalue weighted by Gasteiger charge is -2.11. The molecule has 0 atom stereocenters. The summed E-state index contributed by atoms with van der Waals surface area (Å²) in [5.74, 6) is 0. The monoisotopic (exact) mass is 373 g/mol. The van der Waals surface area contributed by atoms with Crippen LogP contribution in [0.1, 0.15) is 51.3 Å². The molecule has 4 heteroatoms. The lowest BCUT2D eigenvalue weighted by atomic mass is 10.0. The van der Waals surface area contributed by atoms with Crippen molar-refractivity contribution in [2.45, 2.75) is 54.9 Å². The number of nitrogen functional groups attached to an aromatic ring is 1. The average molecular weight is 374 g/mol. The van der Waals surface area contributed by atoms with E-state index in [1.807, 2.05) is 34.6 Å². The number of anilines is 1. The van der Waals surface area contributed by atoms with Gasteiger partial charge in [0.2, 0.25) is 0 Å². The second kappa shape index (κ2) is 21.8. The standard InChI is InChI=1S/C10H14BrN.C2H4O2.2C2H6.C2H2/c1-4-8-7(3)10(12)6(2)5-9(8)11;1-4-2-3;3*1-2/h5H,4,12H2,1-3H3;2H,1H3;2*1-2H3;1-2H. The number of nitrogens with two attached hydrogens (primary N) is 1. The second-order valence-corrected chi connectivity index (χ2v) is 4.23. The molecule has 0 aliphatic heterocycles. The topological polar surface area (TPSA) is 52.3 Å². The highest BCUT2D eigenvalue weighted by Gasteiger charge is 2.06. The Labute approximate surface area is 145 Å². The fourth-order valence-electron chi connectivity index (χ4n) is 1.43. The third-order valence-corrected chi connectivity index (χ3v) is 3.07. The summed E-state index contributed by atoms with van der Waals surface area (Å²) in [6, 6.07) is 2.08. The van der Waals surface area contributed by atoms with E-state index in [9.17, 15) is 0 Å². The largest absolute Gasteiger partial charge is 0.471 e. The number of aryl methyl sites for hydroxylation is 1. The zero-order valence-corrected chi connectivity index (χ0v) is 16.9. The molecule has 0 heterocycles. The van der Waals surface area contributed by atoms with Crippen molar-refractivity contribution in [1.82, 2.24) is 0 Å². The number of rotatable bonds is 2. The average Bonchev–Trinajstić information content (AvgIpc) is 2.59. The number of halogens is 1. The minimum Gasteiger partial charge on any atom is -0.471 e. The first kappa shape index (κ1) is 28.7. The summed E-state index contributed by atoms with van der Waals surface area (Å²) < 4.78 is 5.04. The van der Waals surface area contributed by atoms with Crippen LogP contribution in [0.15, 0.2) is 10.5 Å². The molecule has 0 fully saturated rings. The summed E-state index contributed by atoms with van der Waals surface area (Å²) in [6.45, 7) is 14.6. The first-order chi connectivity index (χ1) is 10.5. The summed E-state index contributed by atoms with van der Waals surface area (Å²) in [4.78, 5) is 8.95. The molecule has 0 aliphatic rings. The van der Waals surface area contributed by atoms with Crippen LogP contribution in [0, 0.1) is 26.7 Å². The number of terminal acetylenes is 1. The normalized spacial score (nSPS) is 7.23. The Morgan fingerprint density at radius 3 is 1.86 bits per heavy atom. The molecule has 2 N–H and O–H groups in total. The molecular formula is C18H32BrNO2. The SMILES string of the molecule is C#C.CC.CC.CCc1c(Br)cc(C)c(N)c1C.COC=O. The maximum absolute atomic E-state index is 8.95. The molecule has 1 aromatic carbocycles. The van der Waals surface area contributed by atoms with Crippen molar-refractivity contribution in [2.75, 3.05) is 12.8 Å². The maximum atomic E-state index is 8.95. The number of ether oxygens (including phenoxy) is 1. The highest BCUT2D eigenvalue weighted by Crippen LogP contribution is 2.28. The van der Waals surface area contributed by atoms with E-state index >= 15 is 0 Å². The van der Waals surface area contributed by atoms with Crippen LogP contribution in [0.2, 0.25) is 0 Å². The molecule has 0 spiro atoms. The van der Waals surface area contributed by atoms with Gasteiger partial charge in [0.05, 0.1) is 7.11 Å². The first-order valence-electron chi connectivity index (χ1n) is 7.33. The number of hydrogen-bond donors (Lipinski definition) is 1. The van der Waals surface area contributed by atoms with Crippen molar-refractivity contribution in [2.24, 2.45) is 0 Å². The van der Waals surface area contributed by atoms with Gasteiger partial charge in [0.25, 0.3) is 6.47 Å². The first-order valence-corrected chi connectivity index (χ1v) is 8.12. The van der Waals surface area contributed by atoms with Crippen molar-refractivity contribution in [3.05, 3.63) is 27.2 Å². The van der Waals surface area contributed by atoms with Gasteiger partial charge in [-0.1, -0.05) is 50.5 Å². The summed E-state index contributed by atoms with van der Waals surface area (Å²) in [5.41, 5.74) is 10.5. The Bertz CT molecular complexity index is 402. The number of carbonyl (C=O) groups excluding carboxylic acids is 1. The lowest BCUT2D eigenvalue weighted by molar-refractivity contribution is -0.126. The van der Waals surface area contributed by atoms with Crippen molar-refractivity contribution >= 4 is 28.1 Å². The quantitative estimate of drug-likeness (QED) is 0.434. The molecule has 22 heavy (non-hydrogen) atoms. The fourth-order valence-corrected chi connectivity index (χ4v) is 2.35. The van der Waals surface area contributed by atoms with Gasteiger partial charge in [0, 0.05) is 10.2 Å². The zero-order chi connectivity index (χ0) is 18.7. The smallest absolute Gasteiger partial charge is 0.292 e. The molecule has 0 saturated carbocycles. The molecule has 0 bridgehead atoms. The Balaban J connectivity index is -0.000000136. The Morgan fingerprint density at radius 1 is 1.23 bits per heavy atom. The van der Waals surface area contributed by atoms with E-state index in [0.29, 0.717) is 6.47 Å². The van der Waals surface area contributed by atoms with E-state index in [2.05, 4.69) is 53.4 Å². The van der Waals surface area contributed by atoms with Gasteiger partial charge >= 0.3 is 0 Å². The molecule has 0 aromatic heterocycles. The van der Waals surface area contributed by atoms with Gasteiger partial charge in [-0.3, -0.25) is 4.79 Å². The van der Waals surface area contributed by atoms with E-state index in [1.165, 1.54) is 22.7 Å². The minimum absolute atomic E-state index is 0.375. The summed E-state index contributed by atoms with van der Waals surface area (Å²) in [5, 5.41) is 0. The van der Waals surface area contributed by atoms with Gasteiger partial charge in [-0.15, -0.1) is 12.8 Å². The van der Waals surface area contributed by atoms with Crippen LogP contribution in [0.5, 0.6) is 0 Å². The van der Waals surface area contributed by atoms with Crippen molar-refractivity contribution in [3.8, 4) is 12.8 Å². The molecule has 3 nitrogen and oxygen atoms in total. The summed E-state index contributed by atoms with van der Waals surface area (Å²) in [7, 11) is 1.31. The van der Waals surface area contributed by atoms with Gasteiger partial charge < -0.3 is 10.5 Å². The molecule has 1 aromatic rings. The number of benzene rings is 1. The van der Waals surface area contributed by atoms with E-state index < -0.39 is 0 Å². The molecule has 0 unspecified atom stereocenters. The molecular weight excluding hydrogens is 342 g/mol. The van der Waals surface area contributed by atoms with E-state index in [-0.39, 0.29) is 0 Å². The van der Waals surface area contributed by atoms with Crippen LogP contribution in [0.3, 0.4) is 0 Å². The Hall–Kier alpha value is -1.47. The van der Waals surface area contributed by atoms with Crippen LogP contribution < -0.4 is 5.73 Å². The molecule has 0 radical (unpaired) electrons. The third-order valence-electron chi connectivity index (χ3n) is 2.36. The highest BCUT2D eigenvalue weighted by molar-refractivity contribution is 9.10. The Kier molecular flexibility index (Phi) is 28.4. The van der Waals surface area contributed by atoms with Gasteiger partial charge in [0.1, 0.15) is 0 Å². The predicted octanol–water partition coefficient (Wildman–Crippen LogP) is 5.30. The van der Waals surface area contributed by atoms with E-state index in [4.69, 9.17) is 10.5 Å². The van der Waals surface area contributed by atoms with Gasteiger partial charge in [-0.25, -0.2) is 0 Å². The summed E-state index contributed by atoms with van der Waals surface area (Å²) >= 11 is 3.54. The van der Waals surface area contributed by atoms with Crippen LogP contribution in [-0.4, -0.2) is 13.6 Å². The van der Waals surface area contributed by atoms with Crippen molar-refractivity contribution in [3.63, 3.8) is 0 Å². The zero-order valence-electron chi connectivity index (χ0n) is 15.3. The van der Waals surface area contributed by atoms with Gasteiger partial charge in [-0.05, 0) is 43.0 Å². The van der Waals surface area contributed by atoms with Crippen molar-refractivity contribution in [1.29, 1.82) is 0 Å². The molecule has 128 valence electrons. The van der Waals surface area contributed by atoms with Crippen LogP contribution in [0.25, 0.3) is 0 Å². The number of hydrogen-bond acceptors (Lipinski definition) is 3. The third kappa shape index (κ3) is 12.3. The van der Waals surface area contributed by atoms with E-state index in [0.717, 1.165) is 17.7 Å². The molecule has 0 saturated heterocycles. The molecule has 1 rings (SSSR count). The van der Waals surface area contributed by atoms with Crippen molar-refractivity contribution < 1.29 is 9.53 Å². The maximum Gasteiger partial charge on any atom is 0.292 e. The summed E-state index contributed by atoms with van der Waals surface area (Å²) in [6.07, 6.45) is 9.02. The van der Waals surface area contributed by atoms with Crippen LogP contribution in [0.4, 0.5) is 5.69 Å². The van der Waals surface area contributed by atoms with E-state index in [1.54, 1.807) is 0 Å². The van der Waals surface area contributed by atoms with Crippen LogP contribution >= 0.6 is 15.9 Å². The molecule has 0 aliphatic carbocycles. The van der Waals surface area contributed by atoms with Crippen LogP contribution in [-0.2, 0) is 16.0 Å². The highest BCUT2D eigenvalue weighted by atomic mass is 79.9. The predicted molar refractivity (Wildman–Crippen MR) is 103 cm³/mol. The Morgan fingerprint density at radius 2 is 1.59 bits per heavy atom. The lowest BCUT2D eigenvalue weighted by Crippen LogP contribution is -1.98. The van der Waals surface area contributed by atoms with Gasteiger partial charge in [-0.2, -0.15) is 0 Å². The number of methoxy groups -OCH3 is 1. The number of carbonyl (C=O) groups is 1. The fraction of sp³-hybridized carbons (Fsp3) is 0.500.